The molecule has 1 heteroatoms. The summed E-state index contributed by atoms with van der Waals surface area (Å²) in [4.78, 5) is 0. The van der Waals surface area contributed by atoms with Crippen molar-refractivity contribution in [2.45, 2.75) is 32.6 Å². The van der Waals surface area contributed by atoms with Crippen LogP contribution in [-0.4, -0.2) is 0 Å². The molecular weight excluding hydrogens is 182 g/mol. The van der Waals surface area contributed by atoms with Crippen molar-refractivity contribution < 1.29 is 0 Å². The third kappa shape index (κ3) is 2.95. The smallest absolute Gasteiger partial charge is 0.0755 e. The molecule has 0 saturated carbocycles. The average molecular weight is 199 g/mol. The van der Waals surface area contributed by atoms with Gasteiger partial charge < -0.3 is 0 Å². The van der Waals surface area contributed by atoms with Gasteiger partial charge in [0.15, 0.2) is 0 Å². The van der Waals surface area contributed by atoms with Crippen LogP contribution in [0.25, 0.3) is 0 Å². The van der Waals surface area contributed by atoms with E-state index in [4.69, 9.17) is 5.26 Å². The number of hydrogen-bond acceptors (Lipinski definition) is 1. The van der Waals surface area contributed by atoms with E-state index >= 15 is 0 Å². The van der Waals surface area contributed by atoms with Crippen molar-refractivity contribution in [1.82, 2.24) is 0 Å². The molecule has 0 aliphatic heterocycles. The number of nitriles is 1. The van der Waals surface area contributed by atoms with Crippen LogP contribution in [0.4, 0.5) is 0 Å². The molecule has 1 atom stereocenters. The maximum absolute atomic E-state index is 8.58. The lowest BCUT2D eigenvalue weighted by molar-refractivity contribution is 0.745. The van der Waals surface area contributed by atoms with Gasteiger partial charge in [0.25, 0.3) is 0 Å². The molecule has 0 N–H and O–H groups in total. The zero-order valence-corrected chi connectivity index (χ0v) is 9.40. The second-order valence-corrected chi connectivity index (χ2v) is 3.56. The van der Waals surface area contributed by atoms with Crippen molar-refractivity contribution in [3.8, 4) is 6.07 Å². The SMILES string of the molecule is C/C=C\CC.N#CC1Cc2ccccc21. The van der Waals surface area contributed by atoms with Crippen molar-refractivity contribution in [3.63, 3.8) is 0 Å². The summed E-state index contributed by atoms with van der Waals surface area (Å²) in [6, 6.07) is 10.4. The highest BCUT2D eigenvalue weighted by Gasteiger charge is 2.24. The number of allylic oxidation sites excluding steroid dienone is 2. The Balaban J connectivity index is 0.000000195. The summed E-state index contributed by atoms with van der Waals surface area (Å²) < 4.78 is 0. The molecule has 15 heavy (non-hydrogen) atoms. The Morgan fingerprint density at radius 1 is 1.47 bits per heavy atom. The van der Waals surface area contributed by atoms with Gasteiger partial charge in [-0.05, 0) is 30.9 Å². The summed E-state index contributed by atoms with van der Waals surface area (Å²) in [5.74, 6) is 0.177. The van der Waals surface area contributed by atoms with E-state index in [1.54, 1.807) is 0 Å². The van der Waals surface area contributed by atoms with E-state index in [1.165, 1.54) is 11.1 Å². The second-order valence-electron chi connectivity index (χ2n) is 3.56. The predicted octanol–water partition coefficient (Wildman–Crippen LogP) is 3.82. The van der Waals surface area contributed by atoms with Gasteiger partial charge in [0.1, 0.15) is 0 Å². The topological polar surface area (TPSA) is 23.8 Å². The first-order valence-corrected chi connectivity index (χ1v) is 5.42. The summed E-state index contributed by atoms with van der Waals surface area (Å²) in [5.41, 5.74) is 2.57. The molecule has 1 aliphatic carbocycles. The fourth-order valence-electron chi connectivity index (χ4n) is 1.61. The molecule has 0 saturated heterocycles. The van der Waals surface area contributed by atoms with Gasteiger partial charge in [-0.25, -0.2) is 0 Å². The quantitative estimate of drug-likeness (QED) is 0.631. The maximum atomic E-state index is 8.58. The zero-order valence-electron chi connectivity index (χ0n) is 9.40. The van der Waals surface area contributed by atoms with E-state index in [0.717, 1.165) is 12.8 Å². The van der Waals surface area contributed by atoms with Crippen molar-refractivity contribution in [1.29, 1.82) is 5.26 Å². The molecule has 0 aromatic heterocycles. The minimum absolute atomic E-state index is 0.177. The van der Waals surface area contributed by atoms with E-state index in [9.17, 15) is 0 Å². The highest BCUT2D eigenvalue weighted by Crippen LogP contribution is 2.33. The average Bonchev–Trinajstić information content (AvgIpc) is 2.23. The molecule has 1 aliphatic rings. The lowest BCUT2D eigenvalue weighted by atomic mass is 9.79. The molecule has 0 bridgehead atoms. The van der Waals surface area contributed by atoms with E-state index in [1.807, 2.05) is 25.1 Å². The molecular formula is C14H17N. The lowest BCUT2D eigenvalue weighted by Gasteiger charge is -2.23. The Morgan fingerprint density at radius 2 is 2.20 bits per heavy atom. The van der Waals surface area contributed by atoms with Crippen LogP contribution in [0.2, 0.25) is 0 Å². The van der Waals surface area contributed by atoms with Gasteiger partial charge in [-0.1, -0.05) is 43.3 Å². The van der Waals surface area contributed by atoms with Gasteiger partial charge in [0.2, 0.25) is 0 Å². The number of hydrogen-bond donors (Lipinski definition) is 0. The highest BCUT2D eigenvalue weighted by atomic mass is 14.3. The van der Waals surface area contributed by atoms with Gasteiger partial charge in [0, 0.05) is 0 Å². The molecule has 78 valence electrons. The Morgan fingerprint density at radius 3 is 2.67 bits per heavy atom. The normalized spacial score (nSPS) is 17.0. The molecule has 1 unspecified atom stereocenters. The van der Waals surface area contributed by atoms with Crippen molar-refractivity contribution >= 4 is 0 Å². The van der Waals surface area contributed by atoms with Crippen LogP contribution in [0.3, 0.4) is 0 Å². The van der Waals surface area contributed by atoms with E-state index in [-0.39, 0.29) is 5.92 Å². The molecule has 2 rings (SSSR count). The molecule has 0 spiro atoms. The monoisotopic (exact) mass is 199 g/mol. The van der Waals surface area contributed by atoms with Crippen LogP contribution >= 0.6 is 0 Å². The fourth-order valence-corrected chi connectivity index (χ4v) is 1.61. The Hall–Kier alpha value is -1.55. The Kier molecular flexibility index (Phi) is 4.63. The number of rotatable bonds is 1. The molecule has 1 nitrogen and oxygen atoms in total. The van der Waals surface area contributed by atoms with Crippen LogP contribution in [0.5, 0.6) is 0 Å². The summed E-state index contributed by atoms with van der Waals surface area (Å²) in [6.45, 7) is 4.16. The number of benzene rings is 1. The van der Waals surface area contributed by atoms with Crippen LogP contribution in [0.1, 0.15) is 37.3 Å². The van der Waals surface area contributed by atoms with Gasteiger partial charge in [0.05, 0.1) is 12.0 Å². The predicted molar refractivity (Wildman–Crippen MR) is 63.6 cm³/mol. The third-order valence-corrected chi connectivity index (χ3v) is 2.48. The van der Waals surface area contributed by atoms with Gasteiger partial charge in [-0.2, -0.15) is 5.26 Å². The molecule has 0 radical (unpaired) electrons. The third-order valence-electron chi connectivity index (χ3n) is 2.48. The molecule has 0 heterocycles. The van der Waals surface area contributed by atoms with E-state index in [2.05, 4.69) is 31.2 Å². The van der Waals surface area contributed by atoms with Crippen molar-refractivity contribution in [3.05, 3.63) is 47.5 Å². The number of nitrogens with zero attached hydrogens (tertiary/aromatic N) is 1. The minimum Gasteiger partial charge on any atom is -0.198 e. The van der Waals surface area contributed by atoms with Gasteiger partial charge >= 0.3 is 0 Å². The van der Waals surface area contributed by atoms with Crippen molar-refractivity contribution in [2.24, 2.45) is 0 Å². The maximum Gasteiger partial charge on any atom is 0.0755 e. The first-order valence-electron chi connectivity index (χ1n) is 5.42. The van der Waals surface area contributed by atoms with Crippen LogP contribution in [-0.2, 0) is 6.42 Å². The van der Waals surface area contributed by atoms with Crippen LogP contribution in [0.15, 0.2) is 36.4 Å². The fraction of sp³-hybridized carbons (Fsp3) is 0.357. The summed E-state index contributed by atoms with van der Waals surface area (Å²) >= 11 is 0. The largest absolute Gasteiger partial charge is 0.198 e. The van der Waals surface area contributed by atoms with E-state index < -0.39 is 0 Å². The molecule has 1 aromatic carbocycles. The lowest BCUT2D eigenvalue weighted by Crippen LogP contribution is -2.14. The second kappa shape index (κ2) is 6.03. The van der Waals surface area contributed by atoms with Crippen LogP contribution in [0, 0.1) is 11.3 Å². The Bertz CT molecular complexity index is 371. The summed E-state index contributed by atoms with van der Waals surface area (Å²) in [5, 5.41) is 8.58. The number of fused-ring (bicyclic) bond motifs is 1. The Labute approximate surface area is 92.1 Å². The van der Waals surface area contributed by atoms with Gasteiger partial charge in [-0.15, -0.1) is 0 Å². The van der Waals surface area contributed by atoms with E-state index in [0.29, 0.717) is 0 Å². The zero-order chi connectivity index (χ0) is 11.1. The summed E-state index contributed by atoms with van der Waals surface area (Å²) in [6.07, 6.45) is 6.29. The summed E-state index contributed by atoms with van der Waals surface area (Å²) in [7, 11) is 0. The standard InChI is InChI=1S/C9H7N.C5H10/c10-6-8-5-7-3-1-2-4-9(7)8;1-3-5-4-2/h1-4,8H,5H2;3,5H,4H2,1-2H3/b;5-3-. The minimum atomic E-state index is 0.177. The molecule has 1 aromatic rings. The molecule has 0 amide bonds. The van der Waals surface area contributed by atoms with Crippen molar-refractivity contribution in [2.75, 3.05) is 0 Å². The van der Waals surface area contributed by atoms with Gasteiger partial charge in [-0.3, -0.25) is 0 Å². The first-order chi connectivity index (χ1) is 7.33. The highest BCUT2D eigenvalue weighted by molar-refractivity contribution is 5.43. The van der Waals surface area contributed by atoms with Crippen LogP contribution < -0.4 is 0 Å². The first kappa shape index (κ1) is 11.5. The molecule has 0 fully saturated rings.